The number of hydrogen-bond donors (Lipinski definition) is 1. The van der Waals surface area contributed by atoms with Crippen LogP contribution in [-0.4, -0.2) is 6.54 Å². The summed E-state index contributed by atoms with van der Waals surface area (Å²) in [6, 6.07) is 2.30. The highest BCUT2D eigenvalue weighted by atomic mass is 16.3. The van der Waals surface area contributed by atoms with Crippen molar-refractivity contribution >= 4 is 0 Å². The maximum absolute atomic E-state index is 5.07. The minimum atomic E-state index is 0.307. The monoisotopic (exact) mass is 191 g/mol. The van der Waals surface area contributed by atoms with E-state index in [-0.39, 0.29) is 0 Å². The molecular formula is C12H17NO. The third kappa shape index (κ3) is 3.27. The summed E-state index contributed by atoms with van der Waals surface area (Å²) in [6.07, 6.45) is 5.46. The molecule has 0 aromatic carbocycles. The molecule has 1 unspecified atom stereocenters. The molecule has 0 aliphatic heterocycles. The van der Waals surface area contributed by atoms with Crippen molar-refractivity contribution in [3.8, 4) is 11.8 Å². The Morgan fingerprint density at radius 3 is 3.00 bits per heavy atom. The van der Waals surface area contributed by atoms with Crippen LogP contribution in [0.5, 0.6) is 0 Å². The third-order valence-electron chi connectivity index (χ3n) is 2.07. The molecular weight excluding hydrogens is 174 g/mol. The van der Waals surface area contributed by atoms with Gasteiger partial charge in [-0.2, -0.15) is 0 Å². The highest BCUT2D eigenvalue weighted by molar-refractivity contribution is 5.14. The lowest BCUT2D eigenvalue weighted by atomic mass is 10.1. The standard InChI is InChI=1S/C12H17NO/c1-3-5-6-12(13-8-4-2)11-7-9-14-10-11/h7,9-10,12-13H,4,6,8H2,1-2H3. The van der Waals surface area contributed by atoms with Crippen LogP contribution in [0.3, 0.4) is 0 Å². The van der Waals surface area contributed by atoms with Crippen molar-refractivity contribution in [3.05, 3.63) is 24.2 Å². The first-order chi connectivity index (χ1) is 6.88. The fourth-order valence-electron chi connectivity index (χ4n) is 1.30. The highest BCUT2D eigenvalue weighted by Crippen LogP contribution is 2.16. The average molecular weight is 191 g/mol. The van der Waals surface area contributed by atoms with Crippen LogP contribution < -0.4 is 5.32 Å². The van der Waals surface area contributed by atoms with Gasteiger partial charge in [0.15, 0.2) is 0 Å². The molecule has 0 aliphatic carbocycles. The SMILES string of the molecule is CC#CCC(NCCC)c1ccoc1. The summed E-state index contributed by atoms with van der Waals surface area (Å²) in [5.41, 5.74) is 1.18. The van der Waals surface area contributed by atoms with Gasteiger partial charge in [-0.1, -0.05) is 6.92 Å². The van der Waals surface area contributed by atoms with Crippen molar-refractivity contribution in [2.24, 2.45) is 0 Å². The van der Waals surface area contributed by atoms with Crippen LogP contribution in [0, 0.1) is 11.8 Å². The zero-order valence-corrected chi connectivity index (χ0v) is 8.84. The Morgan fingerprint density at radius 2 is 2.43 bits per heavy atom. The van der Waals surface area contributed by atoms with Crippen molar-refractivity contribution in [2.45, 2.75) is 32.7 Å². The first kappa shape index (κ1) is 10.9. The Morgan fingerprint density at radius 1 is 1.57 bits per heavy atom. The van der Waals surface area contributed by atoms with Crippen LogP contribution in [0.2, 0.25) is 0 Å². The van der Waals surface area contributed by atoms with Gasteiger partial charge in [0.25, 0.3) is 0 Å². The summed E-state index contributed by atoms with van der Waals surface area (Å²) in [7, 11) is 0. The third-order valence-corrected chi connectivity index (χ3v) is 2.07. The van der Waals surface area contributed by atoms with Gasteiger partial charge in [-0.3, -0.25) is 0 Å². The van der Waals surface area contributed by atoms with E-state index in [0.717, 1.165) is 19.4 Å². The Kier molecular flexibility index (Phi) is 4.88. The van der Waals surface area contributed by atoms with Crippen LogP contribution in [0.15, 0.2) is 23.0 Å². The first-order valence-corrected chi connectivity index (χ1v) is 5.03. The second-order valence-electron chi connectivity index (χ2n) is 3.19. The number of hydrogen-bond acceptors (Lipinski definition) is 2. The molecule has 2 heteroatoms. The summed E-state index contributed by atoms with van der Waals surface area (Å²) in [5.74, 6) is 6.01. The van der Waals surface area contributed by atoms with E-state index in [0.29, 0.717) is 6.04 Å². The lowest BCUT2D eigenvalue weighted by Gasteiger charge is -2.13. The summed E-state index contributed by atoms with van der Waals surface area (Å²) < 4.78 is 5.07. The molecule has 0 bridgehead atoms. The summed E-state index contributed by atoms with van der Waals surface area (Å²) in [4.78, 5) is 0. The largest absolute Gasteiger partial charge is 0.472 e. The van der Waals surface area contributed by atoms with Gasteiger partial charge in [-0.15, -0.1) is 11.8 Å². The normalized spacial score (nSPS) is 11.9. The minimum Gasteiger partial charge on any atom is -0.472 e. The van der Waals surface area contributed by atoms with Gasteiger partial charge in [0.1, 0.15) is 0 Å². The van der Waals surface area contributed by atoms with Gasteiger partial charge in [-0.25, -0.2) is 0 Å². The highest BCUT2D eigenvalue weighted by Gasteiger charge is 2.09. The van der Waals surface area contributed by atoms with Gasteiger partial charge in [0.05, 0.1) is 12.5 Å². The zero-order chi connectivity index (χ0) is 10.2. The molecule has 1 atom stereocenters. The molecule has 1 aromatic rings. The van der Waals surface area contributed by atoms with Gasteiger partial charge >= 0.3 is 0 Å². The lowest BCUT2D eigenvalue weighted by Crippen LogP contribution is -2.21. The van der Waals surface area contributed by atoms with Gasteiger partial charge in [0, 0.05) is 18.0 Å². The van der Waals surface area contributed by atoms with E-state index >= 15 is 0 Å². The first-order valence-electron chi connectivity index (χ1n) is 5.03. The predicted octanol–water partition coefficient (Wildman–Crippen LogP) is 2.73. The molecule has 0 spiro atoms. The van der Waals surface area contributed by atoms with E-state index in [1.165, 1.54) is 5.56 Å². The minimum absolute atomic E-state index is 0.307. The molecule has 1 heterocycles. The number of furan rings is 1. The zero-order valence-electron chi connectivity index (χ0n) is 8.84. The molecule has 0 fully saturated rings. The number of rotatable bonds is 5. The molecule has 76 valence electrons. The van der Waals surface area contributed by atoms with Crippen molar-refractivity contribution in [2.75, 3.05) is 6.54 Å². The molecule has 0 saturated heterocycles. The molecule has 1 aromatic heterocycles. The summed E-state index contributed by atoms with van der Waals surface area (Å²) >= 11 is 0. The van der Waals surface area contributed by atoms with Gasteiger partial charge in [0.2, 0.25) is 0 Å². The second kappa shape index (κ2) is 6.28. The predicted molar refractivity (Wildman–Crippen MR) is 57.8 cm³/mol. The molecule has 1 N–H and O–H groups in total. The Hall–Kier alpha value is -1.20. The molecule has 0 aliphatic rings. The topological polar surface area (TPSA) is 25.2 Å². The fourth-order valence-corrected chi connectivity index (χ4v) is 1.30. The van der Waals surface area contributed by atoms with E-state index in [1.807, 2.05) is 13.0 Å². The Bertz CT molecular complexity index is 292. The van der Waals surface area contributed by atoms with Crippen LogP contribution in [0.1, 0.15) is 38.3 Å². The molecule has 14 heavy (non-hydrogen) atoms. The van der Waals surface area contributed by atoms with Crippen molar-refractivity contribution < 1.29 is 4.42 Å². The van der Waals surface area contributed by atoms with E-state index in [9.17, 15) is 0 Å². The second-order valence-corrected chi connectivity index (χ2v) is 3.19. The van der Waals surface area contributed by atoms with Crippen LogP contribution in [0.25, 0.3) is 0 Å². The van der Waals surface area contributed by atoms with Crippen molar-refractivity contribution in [3.63, 3.8) is 0 Å². The van der Waals surface area contributed by atoms with Crippen LogP contribution in [-0.2, 0) is 0 Å². The maximum Gasteiger partial charge on any atom is 0.0950 e. The van der Waals surface area contributed by atoms with E-state index < -0.39 is 0 Å². The molecule has 0 amide bonds. The molecule has 2 nitrogen and oxygen atoms in total. The van der Waals surface area contributed by atoms with E-state index in [4.69, 9.17) is 4.42 Å². The van der Waals surface area contributed by atoms with Gasteiger partial charge in [-0.05, 0) is 26.0 Å². The maximum atomic E-state index is 5.07. The smallest absolute Gasteiger partial charge is 0.0950 e. The Balaban J connectivity index is 2.55. The van der Waals surface area contributed by atoms with Crippen molar-refractivity contribution in [1.29, 1.82) is 0 Å². The van der Waals surface area contributed by atoms with Crippen molar-refractivity contribution in [1.82, 2.24) is 5.32 Å². The van der Waals surface area contributed by atoms with Crippen LogP contribution in [0.4, 0.5) is 0 Å². The molecule has 0 radical (unpaired) electrons. The average Bonchev–Trinajstić information content (AvgIpc) is 2.71. The van der Waals surface area contributed by atoms with E-state index in [1.54, 1.807) is 12.5 Å². The summed E-state index contributed by atoms with van der Waals surface area (Å²) in [5, 5.41) is 3.44. The quantitative estimate of drug-likeness (QED) is 0.724. The Labute approximate surface area is 85.7 Å². The lowest BCUT2D eigenvalue weighted by molar-refractivity contribution is 0.521. The number of nitrogens with one attached hydrogen (secondary N) is 1. The van der Waals surface area contributed by atoms with E-state index in [2.05, 4.69) is 24.1 Å². The van der Waals surface area contributed by atoms with Gasteiger partial charge < -0.3 is 9.73 Å². The van der Waals surface area contributed by atoms with Crippen LogP contribution >= 0.6 is 0 Å². The fraction of sp³-hybridized carbons (Fsp3) is 0.500. The molecule has 0 saturated carbocycles. The summed E-state index contributed by atoms with van der Waals surface area (Å²) in [6.45, 7) is 5.04. The molecule has 1 rings (SSSR count).